The number of aldehydes is 1. The van der Waals surface area contributed by atoms with Gasteiger partial charge in [0.05, 0.1) is 17.1 Å². The van der Waals surface area contributed by atoms with Crippen molar-refractivity contribution in [1.82, 2.24) is 0 Å². The third kappa shape index (κ3) is 3.55. The van der Waals surface area contributed by atoms with Crippen LogP contribution in [0.1, 0.15) is 37.0 Å². The van der Waals surface area contributed by atoms with Crippen LogP contribution in [0.25, 0.3) is 0 Å². The minimum absolute atomic E-state index is 0.105. The minimum Gasteiger partial charge on any atom is -0.493 e. The molecule has 0 atom stereocenters. The van der Waals surface area contributed by atoms with Gasteiger partial charge in [0, 0.05) is 12.1 Å². The van der Waals surface area contributed by atoms with Gasteiger partial charge < -0.3 is 4.74 Å². The number of rotatable bonds is 7. The second kappa shape index (κ2) is 6.74. The maximum absolute atomic E-state index is 10.9. The van der Waals surface area contributed by atoms with Crippen LogP contribution in [0.4, 0.5) is 5.69 Å². The Hall–Kier alpha value is -1.91. The molecule has 0 radical (unpaired) electrons. The molecule has 0 bridgehead atoms. The number of hydrogen-bond acceptors (Lipinski definition) is 4. The second-order valence-electron chi connectivity index (χ2n) is 4.09. The molecule has 0 fully saturated rings. The molecule has 0 aromatic heterocycles. The van der Waals surface area contributed by atoms with E-state index in [1.54, 1.807) is 0 Å². The normalized spacial score (nSPS) is 10.4. The van der Waals surface area contributed by atoms with E-state index in [9.17, 15) is 14.9 Å². The van der Waals surface area contributed by atoms with E-state index in [0.29, 0.717) is 24.6 Å². The van der Waals surface area contributed by atoms with E-state index < -0.39 is 4.92 Å². The molecule has 0 N–H and O–H groups in total. The number of nitrogens with zero attached hydrogens (tertiary/aromatic N) is 1. The standard InChI is InChI=1S/C13H17NO4/c1-3-10(4-2)9-18-13-6-5-12(14(16)17)7-11(13)8-15/h5-8,10H,3-4,9H2,1-2H3. The Morgan fingerprint density at radius 1 is 1.39 bits per heavy atom. The van der Waals surface area contributed by atoms with Crippen LogP contribution in [-0.4, -0.2) is 17.8 Å². The number of nitro groups is 1. The van der Waals surface area contributed by atoms with Gasteiger partial charge in [-0.05, 0) is 12.0 Å². The molecule has 1 aromatic carbocycles. The van der Waals surface area contributed by atoms with Gasteiger partial charge in [-0.1, -0.05) is 26.7 Å². The molecule has 18 heavy (non-hydrogen) atoms. The number of carbonyl (C=O) groups is 1. The van der Waals surface area contributed by atoms with Crippen molar-refractivity contribution >= 4 is 12.0 Å². The van der Waals surface area contributed by atoms with Crippen molar-refractivity contribution in [2.45, 2.75) is 26.7 Å². The molecule has 0 heterocycles. The molecule has 0 amide bonds. The SMILES string of the molecule is CCC(CC)COc1ccc([N+](=O)[O-])cc1C=O. The molecule has 0 spiro atoms. The summed E-state index contributed by atoms with van der Waals surface area (Å²) < 4.78 is 5.55. The van der Waals surface area contributed by atoms with Crippen LogP contribution in [0.3, 0.4) is 0 Å². The predicted octanol–water partition coefficient (Wildman–Crippen LogP) is 3.22. The first-order chi connectivity index (χ1) is 8.62. The maximum atomic E-state index is 10.9. The summed E-state index contributed by atoms with van der Waals surface area (Å²) in [6.45, 7) is 4.67. The zero-order valence-corrected chi connectivity index (χ0v) is 10.6. The molecule has 0 aliphatic heterocycles. The molecule has 0 aliphatic rings. The monoisotopic (exact) mass is 251 g/mol. The fraction of sp³-hybridized carbons (Fsp3) is 0.462. The number of carbonyl (C=O) groups excluding carboxylic acids is 1. The molecular formula is C13H17NO4. The lowest BCUT2D eigenvalue weighted by atomic mass is 10.1. The average Bonchev–Trinajstić information content (AvgIpc) is 2.39. The van der Waals surface area contributed by atoms with Crippen LogP contribution in [0.2, 0.25) is 0 Å². The Kier molecular flexibility index (Phi) is 5.30. The molecule has 0 unspecified atom stereocenters. The van der Waals surface area contributed by atoms with E-state index in [0.717, 1.165) is 12.8 Å². The van der Waals surface area contributed by atoms with Crippen LogP contribution >= 0.6 is 0 Å². The van der Waals surface area contributed by atoms with E-state index in [1.807, 2.05) is 0 Å². The summed E-state index contributed by atoms with van der Waals surface area (Å²) in [5.41, 5.74) is 0.113. The van der Waals surface area contributed by atoms with Gasteiger partial charge in [-0.25, -0.2) is 0 Å². The van der Waals surface area contributed by atoms with Crippen LogP contribution in [-0.2, 0) is 0 Å². The smallest absolute Gasteiger partial charge is 0.270 e. The topological polar surface area (TPSA) is 69.4 Å². The molecule has 0 saturated heterocycles. The van der Waals surface area contributed by atoms with E-state index in [1.165, 1.54) is 18.2 Å². The number of non-ortho nitro benzene ring substituents is 1. The molecule has 5 heteroatoms. The highest BCUT2D eigenvalue weighted by Gasteiger charge is 2.12. The van der Waals surface area contributed by atoms with Gasteiger partial charge in [-0.15, -0.1) is 0 Å². The van der Waals surface area contributed by atoms with Gasteiger partial charge in [-0.3, -0.25) is 14.9 Å². The molecule has 0 aliphatic carbocycles. The Labute approximate surface area is 106 Å². The van der Waals surface area contributed by atoms with Gasteiger partial charge >= 0.3 is 0 Å². The zero-order valence-electron chi connectivity index (χ0n) is 10.6. The first-order valence-electron chi connectivity index (χ1n) is 5.98. The number of ether oxygens (including phenoxy) is 1. The van der Waals surface area contributed by atoms with Gasteiger partial charge in [-0.2, -0.15) is 0 Å². The molecule has 1 aromatic rings. The van der Waals surface area contributed by atoms with Crippen LogP contribution in [0, 0.1) is 16.0 Å². The first-order valence-corrected chi connectivity index (χ1v) is 5.98. The van der Waals surface area contributed by atoms with Gasteiger partial charge in [0.1, 0.15) is 5.75 Å². The highest BCUT2D eigenvalue weighted by atomic mass is 16.6. The minimum atomic E-state index is -0.530. The number of hydrogen-bond donors (Lipinski definition) is 0. The predicted molar refractivity (Wildman–Crippen MR) is 68.1 cm³/mol. The summed E-state index contributed by atoms with van der Waals surface area (Å²) >= 11 is 0. The van der Waals surface area contributed by atoms with Crippen LogP contribution in [0.5, 0.6) is 5.75 Å². The van der Waals surface area contributed by atoms with Gasteiger partial charge in [0.25, 0.3) is 5.69 Å². The van der Waals surface area contributed by atoms with Crippen LogP contribution < -0.4 is 4.74 Å². The van der Waals surface area contributed by atoms with Crippen molar-refractivity contribution < 1.29 is 14.5 Å². The largest absolute Gasteiger partial charge is 0.493 e. The van der Waals surface area contributed by atoms with Gasteiger partial charge in [0.15, 0.2) is 6.29 Å². The Morgan fingerprint density at radius 2 is 2.06 bits per heavy atom. The first kappa shape index (κ1) is 14.2. The average molecular weight is 251 g/mol. The van der Waals surface area contributed by atoms with Gasteiger partial charge in [0.2, 0.25) is 0 Å². The lowest BCUT2D eigenvalue weighted by Gasteiger charge is -2.14. The van der Waals surface area contributed by atoms with Crippen LogP contribution in [0.15, 0.2) is 18.2 Å². The molecular weight excluding hydrogens is 234 g/mol. The summed E-state index contributed by atoms with van der Waals surface area (Å²) in [6.07, 6.45) is 2.58. The van der Waals surface area contributed by atoms with E-state index in [2.05, 4.69) is 13.8 Å². The molecule has 0 saturated carbocycles. The summed E-state index contributed by atoms with van der Waals surface area (Å²) in [5, 5.41) is 10.6. The van der Waals surface area contributed by atoms with Crippen molar-refractivity contribution in [2.75, 3.05) is 6.61 Å². The zero-order chi connectivity index (χ0) is 13.5. The lowest BCUT2D eigenvalue weighted by Crippen LogP contribution is -2.11. The third-order valence-electron chi connectivity index (χ3n) is 2.96. The molecule has 98 valence electrons. The Bertz CT molecular complexity index is 427. The quantitative estimate of drug-likeness (QED) is 0.424. The Balaban J connectivity index is 2.82. The third-order valence-corrected chi connectivity index (χ3v) is 2.96. The summed E-state index contributed by atoms with van der Waals surface area (Å²) in [7, 11) is 0. The van der Waals surface area contributed by atoms with Crippen molar-refractivity contribution in [1.29, 1.82) is 0 Å². The van der Waals surface area contributed by atoms with E-state index in [4.69, 9.17) is 4.74 Å². The Morgan fingerprint density at radius 3 is 2.56 bits per heavy atom. The maximum Gasteiger partial charge on any atom is 0.270 e. The number of benzene rings is 1. The summed E-state index contributed by atoms with van der Waals surface area (Å²) in [6, 6.07) is 4.05. The van der Waals surface area contributed by atoms with E-state index >= 15 is 0 Å². The fourth-order valence-corrected chi connectivity index (χ4v) is 1.60. The number of nitro benzene ring substituents is 1. The van der Waals surface area contributed by atoms with Crippen molar-refractivity contribution in [3.63, 3.8) is 0 Å². The van der Waals surface area contributed by atoms with Crippen molar-refractivity contribution in [3.8, 4) is 5.75 Å². The fourth-order valence-electron chi connectivity index (χ4n) is 1.60. The highest BCUT2D eigenvalue weighted by Crippen LogP contribution is 2.23. The molecule has 1 rings (SSSR count). The molecule has 5 nitrogen and oxygen atoms in total. The lowest BCUT2D eigenvalue weighted by molar-refractivity contribution is -0.384. The summed E-state index contributed by atoms with van der Waals surface area (Å²) in [4.78, 5) is 20.9. The summed E-state index contributed by atoms with van der Waals surface area (Å²) in [5.74, 6) is 0.835. The van der Waals surface area contributed by atoms with E-state index in [-0.39, 0.29) is 11.3 Å². The second-order valence-corrected chi connectivity index (χ2v) is 4.09. The van der Waals surface area contributed by atoms with Crippen molar-refractivity contribution in [2.24, 2.45) is 5.92 Å². The van der Waals surface area contributed by atoms with Crippen molar-refractivity contribution in [3.05, 3.63) is 33.9 Å². The highest BCUT2D eigenvalue weighted by molar-refractivity contribution is 5.80.